The molecule has 0 unspecified atom stereocenters. The minimum Gasteiger partial charge on any atom is -0.465 e. The Balaban J connectivity index is 1.62. The van der Waals surface area contributed by atoms with Gasteiger partial charge in [0.05, 0.1) is 30.1 Å². The summed E-state index contributed by atoms with van der Waals surface area (Å²) in [5.74, 6) is -0.402. The molecule has 0 spiro atoms. The maximum absolute atomic E-state index is 14.3. The van der Waals surface area contributed by atoms with Gasteiger partial charge in [0.25, 0.3) is 0 Å². The highest BCUT2D eigenvalue weighted by Gasteiger charge is 2.41. The quantitative estimate of drug-likeness (QED) is 0.226. The Morgan fingerprint density at radius 2 is 1.58 bits per heavy atom. The molecule has 1 aliphatic carbocycles. The summed E-state index contributed by atoms with van der Waals surface area (Å²) >= 11 is 0. The average molecular weight is 579 g/mol. The van der Waals surface area contributed by atoms with E-state index < -0.39 is 12.0 Å². The van der Waals surface area contributed by atoms with Crippen LogP contribution in [-0.4, -0.2) is 24.8 Å². The molecule has 3 aromatic rings. The van der Waals surface area contributed by atoms with E-state index in [2.05, 4.69) is 57.3 Å². The first-order valence-electron chi connectivity index (χ1n) is 15.4. The third-order valence-electron chi connectivity index (χ3n) is 8.65. The Kier molecular flexibility index (Phi) is 8.86. The van der Waals surface area contributed by atoms with Crippen LogP contribution in [0.4, 0.5) is 11.4 Å². The Hall–Kier alpha value is -4.19. The van der Waals surface area contributed by atoms with E-state index in [0.29, 0.717) is 30.4 Å². The predicted octanol–water partition coefficient (Wildman–Crippen LogP) is 8.25. The molecule has 0 saturated heterocycles. The highest BCUT2D eigenvalue weighted by molar-refractivity contribution is 6.06. The van der Waals surface area contributed by atoms with Crippen molar-refractivity contribution < 1.29 is 19.1 Å². The number of benzene rings is 3. The fourth-order valence-electron chi connectivity index (χ4n) is 6.24. The van der Waals surface area contributed by atoms with Gasteiger partial charge in [-0.2, -0.15) is 0 Å². The molecule has 1 N–H and O–H groups in total. The van der Waals surface area contributed by atoms with Crippen molar-refractivity contribution in [3.8, 4) is 0 Å². The number of hydrogen-bond acceptors (Lipinski definition) is 5. The number of methoxy groups -OCH3 is 1. The van der Waals surface area contributed by atoms with Crippen LogP contribution < -0.4 is 10.2 Å². The van der Waals surface area contributed by atoms with Crippen LogP contribution in [0.3, 0.4) is 0 Å². The molecular formula is C37H42N2O4. The second kappa shape index (κ2) is 12.6. The molecule has 6 heteroatoms. The molecule has 1 aliphatic heterocycles. The van der Waals surface area contributed by atoms with Gasteiger partial charge in [0, 0.05) is 24.1 Å². The Morgan fingerprint density at radius 3 is 2.23 bits per heavy atom. The first-order valence-corrected chi connectivity index (χ1v) is 15.4. The number of ketones is 1. The van der Waals surface area contributed by atoms with Crippen LogP contribution in [0.25, 0.3) is 0 Å². The number of ether oxygens (including phenoxy) is 1. The van der Waals surface area contributed by atoms with Crippen molar-refractivity contribution in [3.05, 3.63) is 106 Å². The lowest BCUT2D eigenvalue weighted by atomic mass is 9.77. The van der Waals surface area contributed by atoms with E-state index in [0.717, 1.165) is 47.5 Å². The SMILES string of the molecule is CCCCCC(=O)N1c2ccccc2NC2=C(C(=O)C[C@H](c3ccc(C(C)(C)C)cc3)C2)[C@@H]1c1ccc(C(=O)OC)cc1. The van der Waals surface area contributed by atoms with Crippen LogP contribution in [0, 0.1) is 0 Å². The van der Waals surface area contributed by atoms with E-state index in [4.69, 9.17) is 4.74 Å². The number of allylic oxidation sites excluding steroid dienone is 1. The van der Waals surface area contributed by atoms with E-state index in [1.54, 1.807) is 12.1 Å². The number of para-hydroxylation sites is 2. The lowest BCUT2D eigenvalue weighted by Crippen LogP contribution is -2.38. The van der Waals surface area contributed by atoms with Gasteiger partial charge in [-0.1, -0.05) is 89.1 Å². The number of nitrogens with one attached hydrogen (secondary N) is 1. The van der Waals surface area contributed by atoms with Gasteiger partial charge in [-0.3, -0.25) is 14.5 Å². The minimum atomic E-state index is -0.622. The van der Waals surface area contributed by atoms with E-state index in [1.165, 1.54) is 12.7 Å². The summed E-state index contributed by atoms with van der Waals surface area (Å²) in [7, 11) is 1.35. The summed E-state index contributed by atoms with van der Waals surface area (Å²) < 4.78 is 4.91. The molecule has 0 aromatic heterocycles. The first-order chi connectivity index (χ1) is 20.6. The van der Waals surface area contributed by atoms with Crippen molar-refractivity contribution in [1.29, 1.82) is 0 Å². The minimum absolute atomic E-state index is 0.0220. The van der Waals surface area contributed by atoms with Crippen LogP contribution in [0.15, 0.2) is 84.1 Å². The zero-order valence-corrected chi connectivity index (χ0v) is 25.9. The third-order valence-corrected chi connectivity index (χ3v) is 8.65. The van der Waals surface area contributed by atoms with Crippen LogP contribution in [0.2, 0.25) is 0 Å². The molecule has 6 nitrogen and oxygen atoms in total. The molecule has 1 heterocycles. The first kappa shape index (κ1) is 30.3. The van der Waals surface area contributed by atoms with Gasteiger partial charge in [0.2, 0.25) is 5.91 Å². The molecule has 43 heavy (non-hydrogen) atoms. The molecule has 3 aromatic carbocycles. The standard InChI is InChI=1S/C37H42N2O4/c1-6-7-8-13-33(41)39-31-12-10-9-11-29(31)38-30-22-27(24-18-20-28(21-19-24)37(2,3)4)23-32(40)34(30)35(39)25-14-16-26(17-15-25)36(42)43-5/h9-12,14-21,27,35,38H,6-8,13,22-23H2,1-5H3/t27-,35+/m1/s1. The Labute approximate surface area is 255 Å². The number of fused-ring (bicyclic) bond motifs is 1. The number of rotatable bonds is 7. The summed E-state index contributed by atoms with van der Waals surface area (Å²) in [6, 6.07) is 22.9. The van der Waals surface area contributed by atoms with Gasteiger partial charge < -0.3 is 10.1 Å². The number of nitrogens with zero attached hydrogens (tertiary/aromatic N) is 1. The number of carbonyl (C=O) groups is 3. The number of Topliss-reactive ketones (excluding diaryl/α,β-unsaturated/α-hetero) is 1. The van der Waals surface area contributed by atoms with Crippen molar-refractivity contribution in [3.63, 3.8) is 0 Å². The lowest BCUT2D eigenvalue weighted by molar-refractivity contribution is -0.119. The number of hydrogen-bond donors (Lipinski definition) is 1. The Morgan fingerprint density at radius 1 is 0.907 bits per heavy atom. The maximum atomic E-state index is 14.3. The fraction of sp³-hybridized carbons (Fsp3) is 0.378. The molecule has 0 saturated carbocycles. The summed E-state index contributed by atoms with van der Waals surface area (Å²) in [6.07, 6.45) is 4.15. The van der Waals surface area contributed by atoms with Crippen molar-refractivity contribution in [2.45, 2.75) is 83.6 Å². The number of carbonyl (C=O) groups excluding carboxylic acids is 3. The fourth-order valence-corrected chi connectivity index (χ4v) is 6.24. The van der Waals surface area contributed by atoms with Crippen LogP contribution in [0.5, 0.6) is 0 Å². The van der Waals surface area contributed by atoms with Crippen LogP contribution in [-0.2, 0) is 19.7 Å². The maximum Gasteiger partial charge on any atom is 0.337 e. The Bertz CT molecular complexity index is 1530. The predicted molar refractivity (Wildman–Crippen MR) is 171 cm³/mol. The van der Waals surface area contributed by atoms with Gasteiger partial charge in [0.15, 0.2) is 5.78 Å². The largest absolute Gasteiger partial charge is 0.465 e. The number of unbranched alkanes of at least 4 members (excludes halogenated alkanes) is 2. The molecule has 1 amide bonds. The second-order valence-corrected chi connectivity index (χ2v) is 12.7. The van der Waals surface area contributed by atoms with Crippen LogP contribution >= 0.6 is 0 Å². The van der Waals surface area contributed by atoms with Crippen molar-refractivity contribution in [2.24, 2.45) is 0 Å². The van der Waals surface area contributed by atoms with Crippen molar-refractivity contribution in [1.82, 2.24) is 0 Å². The third kappa shape index (κ3) is 6.29. The molecule has 5 rings (SSSR count). The molecule has 2 aliphatic rings. The zero-order chi connectivity index (χ0) is 30.7. The van der Waals surface area contributed by atoms with Gasteiger partial charge in [-0.15, -0.1) is 0 Å². The average Bonchev–Trinajstić information content (AvgIpc) is 3.15. The monoisotopic (exact) mass is 578 g/mol. The van der Waals surface area contributed by atoms with Gasteiger partial charge in [-0.05, 0) is 65.1 Å². The molecule has 0 radical (unpaired) electrons. The van der Waals surface area contributed by atoms with E-state index in [9.17, 15) is 14.4 Å². The normalized spacial score (nSPS) is 18.3. The second-order valence-electron chi connectivity index (χ2n) is 12.7. The summed E-state index contributed by atoms with van der Waals surface area (Å²) in [5, 5.41) is 3.61. The number of amides is 1. The van der Waals surface area contributed by atoms with Gasteiger partial charge in [-0.25, -0.2) is 4.79 Å². The number of anilines is 2. The summed E-state index contributed by atoms with van der Waals surface area (Å²) in [6.45, 7) is 8.71. The summed E-state index contributed by atoms with van der Waals surface area (Å²) in [4.78, 5) is 42.3. The highest BCUT2D eigenvalue weighted by Crippen LogP contribution is 2.47. The molecule has 0 fully saturated rings. The number of esters is 1. The topological polar surface area (TPSA) is 75.7 Å². The molecule has 2 atom stereocenters. The van der Waals surface area contributed by atoms with Crippen molar-refractivity contribution in [2.75, 3.05) is 17.3 Å². The van der Waals surface area contributed by atoms with Gasteiger partial charge in [0.1, 0.15) is 0 Å². The zero-order valence-electron chi connectivity index (χ0n) is 25.9. The highest BCUT2D eigenvalue weighted by atomic mass is 16.5. The van der Waals surface area contributed by atoms with E-state index >= 15 is 0 Å². The summed E-state index contributed by atoms with van der Waals surface area (Å²) in [5.41, 5.74) is 6.67. The van der Waals surface area contributed by atoms with Gasteiger partial charge >= 0.3 is 5.97 Å². The smallest absolute Gasteiger partial charge is 0.337 e. The van der Waals surface area contributed by atoms with E-state index in [-0.39, 0.29) is 23.0 Å². The van der Waals surface area contributed by atoms with Crippen LogP contribution in [0.1, 0.15) is 105 Å². The molecular weight excluding hydrogens is 536 g/mol. The molecule has 0 bridgehead atoms. The van der Waals surface area contributed by atoms with E-state index in [1.807, 2.05) is 41.3 Å². The molecule has 224 valence electrons. The van der Waals surface area contributed by atoms with Crippen molar-refractivity contribution >= 4 is 29.0 Å². The lowest BCUT2D eigenvalue weighted by Gasteiger charge is -2.35.